The van der Waals surface area contributed by atoms with Crippen LogP contribution >= 0.6 is 11.8 Å². The molecule has 0 saturated heterocycles. The molecule has 0 radical (unpaired) electrons. The molecule has 3 aromatic carbocycles. The van der Waals surface area contributed by atoms with Crippen molar-refractivity contribution in [3.8, 4) is 11.4 Å². The van der Waals surface area contributed by atoms with E-state index in [9.17, 15) is 0 Å². The van der Waals surface area contributed by atoms with Crippen LogP contribution in [0.3, 0.4) is 0 Å². The minimum atomic E-state index is 0.599. The minimum absolute atomic E-state index is 0.599. The fraction of sp³-hybridized carbons (Fsp3) is 0.0833. The third-order valence-electron chi connectivity index (χ3n) is 4.88. The van der Waals surface area contributed by atoms with E-state index in [1.807, 2.05) is 30.3 Å². The zero-order valence-corrected chi connectivity index (χ0v) is 16.5. The van der Waals surface area contributed by atoms with E-state index in [4.69, 9.17) is 4.42 Å². The number of thioether (sulfide) groups is 1. The van der Waals surface area contributed by atoms with Crippen LogP contribution in [0.25, 0.3) is 22.2 Å². The van der Waals surface area contributed by atoms with Crippen LogP contribution in [-0.4, -0.2) is 14.8 Å². The van der Waals surface area contributed by atoms with Crippen LogP contribution in [0.15, 0.2) is 101 Å². The van der Waals surface area contributed by atoms with Crippen molar-refractivity contribution in [1.82, 2.24) is 14.8 Å². The van der Waals surface area contributed by atoms with Gasteiger partial charge < -0.3 is 4.42 Å². The van der Waals surface area contributed by atoms with E-state index < -0.39 is 0 Å². The molecule has 0 N–H and O–H groups in total. The summed E-state index contributed by atoms with van der Waals surface area (Å²) >= 11 is 1.70. The third-order valence-corrected chi connectivity index (χ3v) is 5.90. The molecule has 0 amide bonds. The Morgan fingerprint density at radius 2 is 1.62 bits per heavy atom. The molecule has 0 aliphatic carbocycles. The molecule has 0 fully saturated rings. The van der Waals surface area contributed by atoms with Crippen LogP contribution in [0.1, 0.15) is 11.3 Å². The van der Waals surface area contributed by atoms with Gasteiger partial charge in [-0.1, -0.05) is 84.6 Å². The van der Waals surface area contributed by atoms with Gasteiger partial charge in [0.15, 0.2) is 11.0 Å². The highest BCUT2D eigenvalue weighted by Crippen LogP contribution is 2.29. The second-order valence-electron chi connectivity index (χ2n) is 6.76. The SMILES string of the molecule is c1ccc(-c2nnc(SCc3cccc4ccccc34)n2Cc2ccco2)cc1. The van der Waals surface area contributed by atoms with Gasteiger partial charge in [0, 0.05) is 11.3 Å². The van der Waals surface area contributed by atoms with Crippen LogP contribution in [0.4, 0.5) is 0 Å². The Balaban J connectivity index is 1.48. The highest BCUT2D eigenvalue weighted by atomic mass is 32.2. The monoisotopic (exact) mass is 397 g/mol. The molecule has 142 valence electrons. The summed E-state index contributed by atoms with van der Waals surface area (Å²) in [5.41, 5.74) is 2.34. The number of rotatable bonds is 6. The van der Waals surface area contributed by atoms with E-state index in [1.165, 1.54) is 16.3 Å². The van der Waals surface area contributed by atoms with Gasteiger partial charge in [0.2, 0.25) is 0 Å². The first-order valence-corrected chi connectivity index (χ1v) is 10.5. The second kappa shape index (κ2) is 7.97. The van der Waals surface area contributed by atoms with Gasteiger partial charge in [0.1, 0.15) is 5.76 Å². The lowest BCUT2D eigenvalue weighted by Gasteiger charge is -2.10. The maximum Gasteiger partial charge on any atom is 0.192 e. The largest absolute Gasteiger partial charge is 0.467 e. The Morgan fingerprint density at radius 1 is 0.793 bits per heavy atom. The fourth-order valence-corrected chi connectivity index (χ4v) is 4.40. The van der Waals surface area contributed by atoms with Crippen LogP contribution in [0.5, 0.6) is 0 Å². The predicted octanol–water partition coefficient (Wildman–Crippen LogP) is 6.03. The number of furan rings is 1. The van der Waals surface area contributed by atoms with Crippen molar-refractivity contribution in [1.29, 1.82) is 0 Å². The van der Waals surface area contributed by atoms with Gasteiger partial charge in [-0.15, -0.1) is 10.2 Å². The van der Waals surface area contributed by atoms with E-state index in [2.05, 4.69) is 69.4 Å². The van der Waals surface area contributed by atoms with E-state index in [0.29, 0.717) is 6.54 Å². The Hall–Kier alpha value is -3.31. The molecule has 0 spiro atoms. The van der Waals surface area contributed by atoms with Crippen LogP contribution in [0, 0.1) is 0 Å². The Labute approximate surface area is 173 Å². The number of benzene rings is 3. The van der Waals surface area contributed by atoms with Gasteiger partial charge in [0.25, 0.3) is 0 Å². The average molecular weight is 398 g/mol. The normalized spacial score (nSPS) is 11.2. The maximum absolute atomic E-state index is 5.59. The summed E-state index contributed by atoms with van der Waals surface area (Å²) in [6.45, 7) is 0.599. The molecule has 5 rings (SSSR count). The van der Waals surface area contributed by atoms with Gasteiger partial charge in [-0.05, 0) is 28.5 Å². The molecule has 0 aliphatic heterocycles. The molecule has 29 heavy (non-hydrogen) atoms. The van der Waals surface area contributed by atoms with Gasteiger partial charge in [0.05, 0.1) is 12.8 Å². The van der Waals surface area contributed by atoms with E-state index >= 15 is 0 Å². The molecule has 0 aliphatic rings. The molecule has 0 saturated carbocycles. The molecule has 5 heteroatoms. The molecule has 0 atom stereocenters. The van der Waals surface area contributed by atoms with Gasteiger partial charge in [-0.3, -0.25) is 4.57 Å². The topological polar surface area (TPSA) is 43.9 Å². The molecule has 2 aromatic heterocycles. The third kappa shape index (κ3) is 3.69. The van der Waals surface area contributed by atoms with Crippen molar-refractivity contribution in [2.24, 2.45) is 0 Å². The first-order valence-electron chi connectivity index (χ1n) is 9.49. The lowest BCUT2D eigenvalue weighted by Crippen LogP contribution is -2.03. The van der Waals surface area contributed by atoms with Gasteiger partial charge in [-0.25, -0.2) is 0 Å². The molecular formula is C24H19N3OS. The summed E-state index contributed by atoms with van der Waals surface area (Å²) < 4.78 is 7.72. The van der Waals surface area contributed by atoms with Crippen molar-refractivity contribution in [3.05, 3.63) is 103 Å². The standard InChI is InChI=1S/C24H19N3OS/c1-2-9-19(10-3-1)23-25-26-24(27(23)16-21-13-7-15-28-21)29-17-20-12-6-11-18-8-4-5-14-22(18)20/h1-15H,16-17H2. The molecular weight excluding hydrogens is 378 g/mol. The van der Waals surface area contributed by atoms with Crippen molar-refractivity contribution in [2.75, 3.05) is 0 Å². The molecule has 2 heterocycles. The lowest BCUT2D eigenvalue weighted by atomic mass is 10.1. The molecule has 0 bridgehead atoms. The fourth-order valence-electron chi connectivity index (χ4n) is 3.46. The highest BCUT2D eigenvalue weighted by Gasteiger charge is 2.16. The first kappa shape index (κ1) is 17.8. The van der Waals surface area contributed by atoms with Crippen molar-refractivity contribution in [2.45, 2.75) is 17.5 Å². The maximum atomic E-state index is 5.59. The summed E-state index contributed by atoms with van der Waals surface area (Å²) in [4.78, 5) is 0. The zero-order valence-electron chi connectivity index (χ0n) is 15.7. The van der Waals surface area contributed by atoms with Crippen molar-refractivity contribution < 1.29 is 4.42 Å². The van der Waals surface area contributed by atoms with E-state index in [-0.39, 0.29) is 0 Å². The molecule has 0 unspecified atom stereocenters. The average Bonchev–Trinajstić information content (AvgIpc) is 3.43. The quantitative estimate of drug-likeness (QED) is 0.328. The molecule has 5 aromatic rings. The summed E-state index contributed by atoms with van der Waals surface area (Å²) in [7, 11) is 0. The Bertz CT molecular complexity index is 1220. The van der Waals surface area contributed by atoms with Crippen LogP contribution in [0.2, 0.25) is 0 Å². The van der Waals surface area contributed by atoms with E-state index in [0.717, 1.165) is 28.1 Å². The first-order chi connectivity index (χ1) is 14.4. The van der Waals surface area contributed by atoms with Crippen LogP contribution in [-0.2, 0) is 12.3 Å². The van der Waals surface area contributed by atoms with Gasteiger partial charge >= 0.3 is 0 Å². The van der Waals surface area contributed by atoms with E-state index in [1.54, 1.807) is 18.0 Å². The number of aromatic nitrogens is 3. The number of fused-ring (bicyclic) bond motifs is 1. The lowest BCUT2D eigenvalue weighted by molar-refractivity contribution is 0.485. The smallest absolute Gasteiger partial charge is 0.192 e. The minimum Gasteiger partial charge on any atom is -0.467 e. The second-order valence-corrected chi connectivity index (χ2v) is 7.71. The summed E-state index contributed by atoms with van der Waals surface area (Å²) in [5.74, 6) is 2.56. The van der Waals surface area contributed by atoms with Crippen molar-refractivity contribution >= 4 is 22.5 Å². The number of nitrogens with zero attached hydrogens (tertiary/aromatic N) is 3. The predicted molar refractivity (Wildman–Crippen MR) is 117 cm³/mol. The van der Waals surface area contributed by atoms with Crippen LogP contribution < -0.4 is 0 Å². The summed E-state index contributed by atoms with van der Waals surface area (Å²) in [6.07, 6.45) is 1.70. The Morgan fingerprint density at radius 3 is 2.48 bits per heavy atom. The van der Waals surface area contributed by atoms with Gasteiger partial charge in [-0.2, -0.15) is 0 Å². The number of hydrogen-bond donors (Lipinski definition) is 0. The number of hydrogen-bond acceptors (Lipinski definition) is 4. The van der Waals surface area contributed by atoms with Crippen molar-refractivity contribution in [3.63, 3.8) is 0 Å². The summed E-state index contributed by atoms with van der Waals surface area (Å²) in [6, 6.07) is 29.0. The Kier molecular flexibility index (Phi) is 4.88. The highest BCUT2D eigenvalue weighted by molar-refractivity contribution is 7.98. The summed E-state index contributed by atoms with van der Waals surface area (Å²) in [5, 5.41) is 12.4. The molecule has 4 nitrogen and oxygen atoms in total. The zero-order chi connectivity index (χ0) is 19.5.